The highest BCUT2D eigenvalue weighted by Gasteiger charge is 2.09. The first kappa shape index (κ1) is 12.0. The third-order valence-corrected chi connectivity index (χ3v) is 2.53. The van der Waals surface area contributed by atoms with Crippen LogP contribution in [0.1, 0.15) is 21.6 Å². The molecule has 0 bridgehead atoms. The molecule has 3 N–H and O–H groups in total. The van der Waals surface area contributed by atoms with Gasteiger partial charge in [0.1, 0.15) is 6.33 Å². The van der Waals surface area contributed by atoms with Crippen LogP contribution in [-0.2, 0) is 6.54 Å². The van der Waals surface area contributed by atoms with Gasteiger partial charge in [-0.05, 0) is 25.1 Å². The number of aryl methyl sites for hydroxylation is 1. The second kappa shape index (κ2) is 5.27. The molecular formula is C13H14N4O. The summed E-state index contributed by atoms with van der Waals surface area (Å²) in [7, 11) is 0. The Morgan fingerprint density at radius 1 is 1.39 bits per heavy atom. The molecule has 0 aliphatic heterocycles. The number of hydrogen-bond acceptors (Lipinski definition) is 4. The molecule has 0 fully saturated rings. The van der Waals surface area contributed by atoms with Crippen LogP contribution in [0.3, 0.4) is 0 Å². The monoisotopic (exact) mass is 242 g/mol. The van der Waals surface area contributed by atoms with E-state index in [9.17, 15) is 4.79 Å². The summed E-state index contributed by atoms with van der Waals surface area (Å²) in [6, 6.07) is 7.12. The van der Waals surface area contributed by atoms with Gasteiger partial charge in [0.15, 0.2) is 0 Å². The Morgan fingerprint density at radius 3 is 2.94 bits per heavy atom. The molecule has 2 aromatic rings. The van der Waals surface area contributed by atoms with E-state index in [0.29, 0.717) is 17.8 Å². The number of nitrogens with two attached hydrogens (primary N) is 1. The molecule has 18 heavy (non-hydrogen) atoms. The van der Waals surface area contributed by atoms with E-state index in [4.69, 9.17) is 5.73 Å². The zero-order chi connectivity index (χ0) is 13.0. The van der Waals surface area contributed by atoms with E-state index in [2.05, 4.69) is 15.3 Å². The van der Waals surface area contributed by atoms with Gasteiger partial charge >= 0.3 is 0 Å². The minimum absolute atomic E-state index is 0.199. The minimum Gasteiger partial charge on any atom is -0.398 e. The minimum atomic E-state index is -0.199. The van der Waals surface area contributed by atoms with Crippen molar-refractivity contribution in [2.24, 2.45) is 0 Å². The predicted molar refractivity (Wildman–Crippen MR) is 68.8 cm³/mol. The van der Waals surface area contributed by atoms with Crippen LogP contribution in [-0.4, -0.2) is 15.9 Å². The molecule has 92 valence electrons. The fraction of sp³-hybridized carbons (Fsp3) is 0.154. The van der Waals surface area contributed by atoms with Crippen molar-refractivity contribution in [1.29, 1.82) is 0 Å². The van der Waals surface area contributed by atoms with Crippen molar-refractivity contribution in [3.63, 3.8) is 0 Å². The van der Waals surface area contributed by atoms with Crippen LogP contribution < -0.4 is 11.1 Å². The third-order valence-electron chi connectivity index (χ3n) is 2.53. The molecule has 0 atom stereocenters. The molecule has 0 unspecified atom stereocenters. The summed E-state index contributed by atoms with van der Waals surface area (Å²) < 4.78 is 0. The number of amides is 1. The largest absolute Gasteiger partial charge is 0.398 e. The third kappa shape index (κ3) is 2.82. The Kier molecular flexibility index (Phi) is 3.52. The van der Waals surface area contributed by atoms with Crippen molar-refractivity contribution in [3.05, 3.63) is 53.6 Å². The number of benzene rings is 1. The highest BCUT2D eigenvalue weighted by Crippen LogP contribution is 2.13. The zero-order valence-electron chi connectivity index (χ0n) is 10.1. The smallest absolute Gasteiger partial charge is 0.253 e. The first-order valence-corrected chi connectivity index (χ1v) is 5.56. The summed E-state index contributed by atoms with van der Waals surface area (Å²) in [5.74, 6) is -0.199. The Hall–Kier alpha value is -2.43. The van der Waals surface area contributed by atoms with E-state index in [1.807, 2.05) is 13.0 Å². The van der Waals surface area contributed by atoms with Gasteiger partial charge in [-0.1, -0.05) is 11.6 Å². The Morgan fingerprint density at radius 2 is 2.22 bits per heavy atom. The van der Waals surface area contributed by atoms with Crippen LogP contribution in [0.4, 0.5) is 5.69 Å². The number of hydrogen-bond donors (Lipinski definition) is 2. The molecule has 2 rings (SSSR count). The standard InChI is InChI=1S/C13H14N4O/c1-9-2-3-12(14)11(6-9)13(18)16-7-10-4-5-15-8-17-10/h2-6,8H,7,14H2,1H3,(H,16,18). The fourth-order valence-electron chi connectivity index (χ4n) is 1.56. The van der Waals surface area contributed by atoms with Gasteiger partial charge in [0.2, 0.25) is 0 Å². The average molecular weight is 242 g/mol. The number of nitrogens with one attached hydrogen (secondary N) is 1. The van der Waals surface area contributed by atoms with Gasteiger partial charge in [-0.2, -0.15) is 0 Å². The Balaban J connectivity index is 2.06. The second-order valence-electron chi connectivity index (χ2n) is 3.97. The highest BCUT2D eigenvalue weighted by molar-refractivity contribution is 5.99. The van der Waals surface area contributed by atoms with Crippen LogP contribution in [0, 0.1) is 6.92 Å². The van der Waals surface area contributed by atoms with Gasteiger partial charge in [0.05, 0.1) is 17.8 Å². The van der Waals surface area contributed by atoms with Gasteiger partial charge in [0.25, 0.3) is 5.91 Å². The topological polar surface area (TPSA) is 80.9 Å². The number of nitrogen functional groups attached to an aromatic ring is 1. The zero-order valence-corrected chi connectivity index (χ0v) is 10.1. The van der Waals surface area contributed by atoms with E-state index in [0.717, 1.165) is 11.3 Å². The summed E-state index contributed by atoms with van der Waals surface area (Å²) >= 11 is 0. The number of carbonyl (C=O) groups excluding carboxylic acids is 1. The van der Waals surface area contributed by atoms with Gasteiger partial charge in [-0.3, -0.25) is 4.79 Å². The SMILES string of the molecule is Cc1ccc(N)c(C(=O)NCc2ccncn2)c1. The van der Waals surface area contributed by atoms with Gasteiger partial charge in [-0.15, -0.1) is 0 Å². The Bertz CT molecular complexity index is 554. The molecule has 0 radical (unpaired) electrons. The predicted octanol–water partition coefficient (Wildman–Crippen LogP) is 1.30. The normalized spacial score (nSPS) is 10.1. The molecule has 0 spiro atoms. The summed E-state index contributed by atoms with van der Waals surface area (Å²) in [5.41, 5.74) is 8.49. The number of aromatic nitrogens is 2. The lowest BCUT2D eigenvalue weighted by Gasteiger charge is -2.07. The van der Waals surface area contributed by atoms with Crippen LogP contribution in [0.5, 0.6) is 0 Å². The molecule has 1 aromatic carbocycles. The molecule has 0 saturated heterocycles. The van der Waals surface area contributed by atoms with Crippen molar-refractivity contribution in [3.8, 4) is 0 Å². The van der Waals surface area contributed by atoms with Crippen LogP contribution in [0.25, 0.3) is 0 Å². The molecular weight excluding hydrogens is 228 g/mol. The first-order valence-electron chi connectivity index (χ1n) is 5.56. The molecule has 5 heteroatoms. The van der Waals surface area contributed by atoms with E-state index >= 15 is 0 Å². The number of nitrogens with zero attached hydrogens (tertiary/aromatic N) is 2. The van der Waals surface area contributed by atoms with Crippen molar-refractivity contribution < 1.29 is 4.79 Å². The highest BCUT2D eigenvalue weighted by atomic mass is 16.1. The molecule has 1 aromatic heterocycles. The summed E-state index contributed by atoms with van der Waals surface area (Å²) in [6.45, 7) is 2.27. The van der Waals surface area contributed by atoms with Gasteiger partial charge in [0, 0.05) is 11.9 Å². The molecule has 0 aliphatic carbocycles. The molecule has 5 nitrogen and oxygen atoms in total. The average Bonchev–Trinajstić information content (AvgIpc) is 2.40. The number of rotatable bonds is 3. The van der Waals surface area contributed by atoms with Crippen LogP contribution in [0.2, 0.25) is 0 Å². The lowest BCUT2D eigenvalue weighted by atomic mass is 10.1. The second-order valence-corrected chi connectivity index (χ2v) is 3.97. The van der Waals surface area contributed by atoms with Crippen LogP contribution in [0.15, 0.2) is 36.8 Å². The molecule has 0 aliphatic rings. The fourth-order valence-corrected chi connectivity index (χ4v) is 1.56. The van der Waals surface area contributed by atoms with E-state index in [1.165, 1.54) is 6.33 Å². The maximum Gasteiger partial charge on any atom is 0.253 e. The molecule has 1 heterocycles. The quantitative estimate of drug-likeness (QED) is 0.795. The summed E-state index contributed by atoms with van der Waals surface area (Å²) in [4.78, 5) is 19.8. The van der Waals surface area contributed by atoms with Gasteiger partial charge < -0.3 is 11.1 Å². The van der Waals surface area contributed by atoms with Crippen molar-refractivity contribution in [2.75, 3.05) is 5.73 Å². The van der Waals surface area contributed by atoms with Gasteiger partial charge in [-0.25, -0.2) is 9.97 Å². The van der Waals surface area contributed by atoms with E-state index < -0.39 is 0 Å². The number of carbonyl (C=O) groups is 1. The molecule has 0 saturated carbocycles. The first-order chi connectivity index (χ1) is 8.66. The van der Waals surface area contributed by atoms with Crippen molar-refractivity contribution >= 4 is 11.6 Å². The van der Waals surface area contributed by atoms with Crippen LogP contribution >= 0.6 is 0 Å². The maximum absolute atomic E-state index is 12.0. The van der Waals surface area contributed by atoms with Crippen molar-refractivity contribution in [1.82, 2.24) is 15.3 Å². The molecule has 1 amide bonds. The Labute approximate surface area is 105 Å². The lowest BCUT2D eigenvalue weighted by Crippen LogP contribution is -2.24. The number of anilines is 1. The van der Waals surface area contributed by atoms with E-state index in [1.54, 1.807) is 24.4 Å². The lowest BCUT2D eigenvalue weighted by molar-refractivity contribution is 0.0951. The van der Waals surface area contributed by atoms with E-state index in [-0.39, 0.29) is 5.91 Å². The summed E-state index contributed by atoms with van der Waals surface area (Å²) in [6.07, 6.45) is 3.08. The maximum atomic E-state index is 12.0. The van der Waals surface area contributed by atoms with Crippen molar-refractivity contribution in [2.45, 2.75) is 13.5 Å². The summed E-state index contributed by atoms with van der Waals surface area (Å²) in [5, 5.41) is 2.77.